The van der Waals surface area contributed by atoms with E-state index in [0.29, 0.717) is 19.3 Å². The van der Waals surface area contributed by atoms with Crippen LogP contribution in [-0.4, -0.2) is 42.8 Å². The molecule has 3 aromatic rings. The topological polar surface area (TPSA) is 146 Å². The lowest BCUT2D eigenvalue weighted by Gasteiger charge is -2.33. The molecule has 0 saturated carbocycles. The largest absolute Gasteiger partial charge is 0.519 e. The number of unbranched alkanes of at least 4 members (excludes halogenated alkanes) is 5. The van der Waals surface area contributed by atoms with E-state index in [-0.39, 0.29) is 30.5 Å². The summed E-state index contributed by atoms with van der Waals surface area (Å²) in [5.74, 6) is -1.37. The Kier molecular flexibility index (Phi) is 13.8. The van der Waals surface area contributed by atoms with Crippen LogP contribution in [0.2, 0.25) is 0 Å². The van der Waals surface area contributed by atoms with Crippen LogP contribution in [-0.2, 0) is 43.2 Å². The van der Waals surface area contributed by atoms with Gasteiger partial charge in [0.2, 0.25) is 0 Å². The van der Waals surface area contributed by atoms with E-state index in [4.69, 9.17) is 23.0 Å². The number of fused-ring (bicyclic) bond motifs is 1. The van der Waals surface area contributed by atoms with E-state index in [2.05, 4.69) is 17.6 Å². The zero-order valence-corrected chi connectivity index (χ0v) is 27.5. The van der Waals surface area contributed by atoms with Gasteiger partial charge in [-0.05, 0) is 49.8 Å². The molecule has 4 atom stereocenters. The molecule has 2 heterocycles. The van der Waals surface area contributed by atoms with Crippen molar-refractivity contribution in [2.24, 2.45) is 0 Å². The van der Waals surface area contributed by atoms with E-state index < -0.39 is 42.3 Å². The molecule has 11 heteroatoms. The highest BCUT2D eigenvalue weighted by Crippen LogP contribution is 2.28. The molecule has 0 aliphatic carbocycles. The number of benzene rings is 2. The number of ketones is 1. The Labute approximate surface area is 275 Å². The van der Waals surface area contributed by atoms with E-state index in [9.17, 15) is 19.2 Å². The number of hydrogen-bond donors (Lipinski definition) is 2. The molecule has 1 unspecified atom stereocenters. The van der Waals surface area contributed by atoms with E-state index in [0.717, 1.165) is 36.0 Å². The van der Waals surface area contributed by atoms with E-state index in [1.165, 1.54) is 19.3 Å². The van der Waals surface area contributed by atoms with E-state index in [1.807, 2.05) is 54.6 Å². The van der Waals surface area contributed by atoms with Crippen LogP contribution >= 0.6 is 0 Å². The summed E-state index contributed by atoms with van der Waals surface area (Å²) in [7, 11) is 0. The van der Waals surface area contributed by atoms with Crippen molar-refractivity contribution in [3.05, 3.63) is 93.4 Å². The van der Waals surface area contributed by atoms with Gasteiger partial charge in [-0.1, -0.05) is 93.6 Å². The number of hydrogen-bond acceptors (Lipinski definition) is 11. The van der Waals surface area contributed by atoms with Gasteiger partial charge in [0.1, 0.15) is 6.04 Å². The van der Waals surface area contributed by atoms with Gasteiger partial charge >= 0.3 is 17.9 Å². The molecule has 2 aromatic carbocycles. The number of carbonyl (C=O) groups excluding carboxylic acids is 3. The summed E-state index contributed by atoms with van der Waals surface area (Å²) in [6.07, 6.45) is 6.15. The molecule has 0 amide bonds. The highest BCUT2D eigenvalue weighted by molar-refractivity contribution is 5.91. The zero-order chi connectivity index (χ0) is 33.6. The summed E-state index contributed by atoms with van der Waals surface area (Å²) in [5, 5.41) is 6.35. The van der Waals surface area contributed by atoms with Crippen LogP contribution < -0.4 is 16.5 Å². The molecule has 1 aliphatic heterocycles. The molecule has 254 valence electrons. The van der Waals surface area contributed by atoms with Crippen LogP contribution in [0, 0.1) is 6.92 Å². The minimum atomic E-state index is -0.875. The normalized spacial score (nSPS) is 16.9. The fourth-order valence-corrected chi connectivity index (χ4v) is 5.64. The van der Waals surface area contributed by atoms with Crippen LogP contribution in [0.1, 0.15) is 93.0 Å². The second kappa shape index (κ2) is 18.2. The molecule has 1 aromatic heterocycles. The van der Waals surface area contributed by atoms with Crippen molar-refractivity contribution in [1.29, 1.82) is 0 Å². The summed E-state index contributed by atoms with van der Waals surface area (Å²) in [6, 6.07) is 14.7. The summed E-state index contributed by atoms with van der Waals surface area (Å²) in [5.41, 5.74) is 2.68. The van der Waals surface area contributed by atoms with Crippen molar-refractivity contribution >= 4 is 17.9 Å². The third kappa shape index (κ3) is 10.9. The van der Waals surface area contributed by atoms with Gasteiger partial charge in [0.15, 0.2) is 30.1 Å². The Morgan fingerprint density at radius 3 is 2.43 bits per heavy atom. The summed E-state index contributed by atoms with van der Waals surface area (Å²) >= 11 is 0. The Morgan fingerprint density at radius 1 is 0.957 bits per heavy atom. The van der Waals surface area contributed by atoms with Crippen molar-refractivity contribution in [3.8, 4) is 0 Å². The van der Waals surface area contributed by atoms with Crippen LogP contribution in [0.25, 0.3) is 0 Å². The number of carbonyl (C=O) groups is 3. The van der Waals surface area contributed by atoms with Gasteiger partial charge in [0.25, 0.3) is 0 Å². The molecule has 1 aliphatic rings. The lowest BCUT2D eigenvalue weighted by molar-refractivity contribution is -0.148. The smallest absolute Gasteiger partial charge is 0.456 e. The number of Topliss-reactive ketones (excluding diaryl/α,β-unsaturated/α-hetero) is 1. The Bertz CT molecular complexity index is 1500. The lowest BCUT2D eigenvalue weighted by atomic mass is 9.89. The SMILES string of the molecule is CCCCCCCCOC(=O)O[C@H]1Cc2ccccc2C(C(=O)[C@H](C)N[C@@H](CCc2ccccc2)C(=O)OCc2oc(=O)oc2C)N1. The fraction of sp³-hybridized carbons (Fsp3) is 0.500. The number of ether oxygens (including phenoxy) is 3. The second-order valence-corrected chi connectivity index (χ2v) is 11.9. The fourth-order valence-electron chi connectivity index (χ4n) is 5.64. The van der Waals surface area contributed by atoms with Gasteiger partial charge in [0.05, 0.1) is 18.7 Å². The van der Waals surface area contributed by atoms with Crippen LogP contribution in [0.4, 0.5) is 4.79 Å². The van der Waals surface area contributed by atoms with Gasteiger partial charge in [-0.2, -0.15) is 0 Å². The molecule has 0 bridgehead atoms. The van der Waals surface area contributed by atoms with Crippen molar-refractivity contribution in [3.63, 3.8) is 0 Å². The summed E-state index contributed by atoms with van der Waals surface area (Å²) in [4.78, 5) is 51.2. The molecule has 2 N–H and O–H groups in total. The first-order valence-electron chi connectivity index (χ1n) is 16.5. The Balaban J connectivity index is 1.39. The van der Waals surface area contributed by atoms with Gasteiger partial charge in [-0.3, -0.25) is 20.2 Å². The minimum Gasteiger partial charge on any atom is -0.456 e. The second-order valence-electron chi connectivity index (χ2n) is 11.9. The molecular weight excluding hydrogens is 604 g/mol. The summed E-state index contributed by atoms with van der Waals surface area (Å²) < 4.78 is 26.2. The van der Waals surface area contributed by atoms with E-state index in [1.54, 1.807) is 13.8 Å². The zero-order valence-electron chi connectivity index (χ0n) is 27.5. The first kappa shape index (κ1) is 35.6. The monoisotopic (exact) mass is 650 g/mol. The molecule has 0 fully saturated rings. The highest BCUT2D eigenvalue weighted by atomic mass is 16.7. The molecule has 4 rings (SSSR count). The van der Waals surface area contributed by atoms with Gasteiger partial charge < -0.3 is 23.0 Å². The van der Waals surface area contributed by atoms with Crippen molar-refractivity contribution in [1.82, 2.24) is 10.6 Å². The number of nitrogens with one attached hydrogen (secondary N) is 2. The lowest BCUT2D eigenvalue weighted by Crippen LogP contribution is -2.52. The molecule has 11 nitrogen and oxygen atoms in total. The maximum Gasteiger partial charge on any atom is 0.519 e. The molecule has 0 spiro atoms. The van der Waals surface area contributed by atoms with Gasteiger partial charge in [-0.25, -0.2) is 9.59 Å². The van der Waals surface area contributed by atoms with Crippen LogP contribution in [0.15, 0.2) is 68.2 Å². The first-order chi connectivity index (χ1) is 22.7. The Morgan fingerprint density at radius 2 is 1.68 bits per heavy atom. The average molecular weight is 651 g/mol. The third-order valence-electron chi connectivity index (χ3n) is 8.27. The number of esters is 1. The maximum absolute atomic E-state index is 14.0. The molecule has 0 saturated heterocycles. The maximum atomic E-state index is 14.0. The average Bonchev–Trinajstić information content (AvgIpc) is 3.40. The first-order valence-corrected chi connectivity index (χ1v) is 16.5. The van der Waals surface area contributed by atoms with Crippen molar-refractivity contribution in [2.75, 3.05) is 6.61 Å². The highest BCUT2D eigenvalue weighted by Gasteiger charge is 2.36. The predicted molar refractivity (Wildman–Crippen MR) is 174 cm³/mol. The standard InChI is InChI=1S/C36H46N2O9/c1-4-5-6-7-8-14-21-43-35(41)47-31-22-27-17-12-13-18-28(27)32(38-31)33(39)24(2)37-29(20-19-26-15-10-9-11-16-26)34(40)44-23-30-25(3)45-36(42)46-30/h9-13,15-18,24,29,31-32,37-38H,4-8,14,19-23H2,1-3H3/t24-,29-,31-,32?/m0/s1. The van der Waals surface area contributed by atoms with Crippen LogP contribution in [0.5, 0.6) is 0 Å². The van der Waals surface area contributed by atoms with Crippen LogP contribution in [0.3, 0.4) is 0 Å². The number of rotatable bonds is 18. The predicted octanol–water partition coefficient (Wildman–Crippen LogP) is 5.86. The molecular formula is C36H46N2O9. The quantitative estimate of drug-likeness (QED) is 0.126. The molecule has 0 radical (unpaired) electrons. The van der Waals surface area contributed by atoms with Crippen molar-refractivity contribution in [2.45, 2.75) is 110 Å². The molecule has 47 heavy (non-hydrogen) atoms. The van der Waals surface area contributed by atoms with Gasteiger partial charge in [-0.15, -0.1) is 0 Å². The summed E-state index contributed by atoms with van der Waals surface area (Å²) in [6.45, 7) is 5.40. The number of aryl methyl sites for hydroxylation is 2. The minimum absolute atomic E-state index is 0.119. The third-order valence-corrected chi connectivity index (χ3v) is 8.27. The van der Waals surface area contributed by atoms with E-state index >= 15 is 0 Å². The van der Waals surface area contributed by atoms with Gasteiger partial charge in [0, 0.05) is 6.42 Å². The van der Waals surface area contributed by atoms with Crippen molar-refractivity contribution < 1.29 is 37.4 Å². The Hall–Kier alpha value is -4.22.